The molecule has 2 rings (SSSR count). The van der Waals surface area contributed by atoms with Gasteiger partial charge in [0.15, 0.2) is 0 Å². The molecule has 96 valence electrons. The Labute approximate surface area is 113 Å². The van der Waals surface area contributed by atoms with Gasteiger partial charge < -0.3 is 5.32 Å². The van der Waals surface area contributed by atoms with Crippen LogP contribution < -0.4 is 5.32 Å². The summed E-state index contributed by atoms with van der Waals surface area (Å²) in [6, 6.07) is 8.48. The van der Waals surface area contributed by atoms with Gasteiger partial charge in [0.05, 0.1) is 17.8 Å². The smallest absolute Gasteiger partial charge is 0.0785 e. The normalized spacial score (nSPS) is 10.8. The fourth-order valence-corrected chi connectivity index (χ4v) is 2.11. The quantitative estimate of drug-likeness (QED) is 0.813. The van der Waals surface area contributed by atoms with Crippen molar-refractivity contribution < 1.29 is 0 Å². The van der Waals surface area contributed by atoms with Crippen molar-refractivity contribution in [2.45, 2.75) is 19.9 Å². The lowest BCUT2D eigenvalue weighted by Crippen LogP contribution is -2.17. The van der Waals surface area contributed by atoms with E-state index in [1.54, 1.807) is 6.20 Å². The van der Waals surface area contributed by atoms with E-state index in [4.69, 9.17) is 11.6 Å². The third-order valence-electron chi connectivity index (χ3n) is 2.87. The first-order valence-electron chi connectivity index (χ1n) is 6.25. The minimum atomic E-state index is 0.681. The number of halogens is 1. The van der Waals surface area contributed by atoms with Crippen molar-refractivity contribution in [3.8, 4) is 0 Å². The molecule has 18 heavy (non-hydrogen) atoms. The maximum absolute atomic E-state index is 5.88. The van der Waals surface area contributed by atoms with Crippen LogP contribution in [0.4, 0.5) is 0 Å². The number of hydrogen-bond acceptors (Lipinski definition) is 2. The van der Waals surface area contributed by atoms with Gasteiger partial charge in [-0.25, -0.2) is 0 Å². The number of hydrogen-bond donors (Lipinski definition) is 1. The zero-order valence-electron chi connectivity index (χ0n) is 10.6. The van der Waals surface area contributed by atoms with Crippen molar-refractivity contribution in [3.05, 3.63) is 52.8 Å². The van der Waals surface area contributed by atoms with Gasteiger partial charge in [-0.1, -0.05) is 42.8 Å². The molecule has 4 heteroatoms. The molecule has 1 N–H and O–H groups in total. The molecule has 2 aromatic rings. The van der Waals surface area contributed by atoms with Gasteiger partial charge >= 0.3 is 0 Å². The lowest BCUT2D eigenvalue weighted by Gasteiger charge is -2.09. The number of benzene rings is 1. The molecule has 0 amide bonds. The van der Waals surface area contributed by atoms with Crippen LogP contribution in [0.3, 0.4) is 0 Å². The van der Waals surface area contributed by atoms with Crippen LogP contribution in [0.2, 0.25) is 5.02 Å². The highest BCUT2D eigenvalue weighted by Crippen LogP contribution is 2.12. The maximum Gasteiger partial charge on any atom is 0.0785 e. The Morgan fingerprint density at radius 1 is 1.28 bits per heavy atom. The zero-order chi connectivity index (χ0) is 12.8. The van der Waals surface area contributed by atoms with Gasteiger partial charge in [0, 0.05) is 6.20 Å². The van der Waals surface area contributed by atoms with Crippen molar-refractivity contribution in [1.82, 2.24) is 15.1 Å². The molecule has 0 bridgehead atoms. The van der Waals surface area contributed by atoms with Crippen LogP contribution in [0.1, 0.15) is 18.1 Å². The van der Waals surface area contributed by atoms with Gasteiger partial charge in [-0.2, -0.15) is 5.10 Å². The first kappa shape index (κ1) is 13.1. The second kappa shape index (κ2) is 6.57. The predicted octanol–water partition coefficient (Wildman–Crippen LogP) is 2.74. The Morgan fingerprint density at radius 2 is 2.06 bits per heavy atom. The summed E-state index contributed by atoms with van der Waals surface area (Å²) in [4.78, 5) is 0. The van der Waals surface area contributed by atoms with Gasteiger partial charge in [-0.05, 0) is 30.6 Å². The van der Waals surface area contributed by atoms with Gasteiger partial charge in [0.2, 0.25) is 0 Å². The molecule has 0 saturated carbocycles. The zero-order valence-corrected chi connectivity index (χ0v) is 11.3. The summed E-state index contributed by atoms with van der Waals surface area (Å²) in [6.45, 7) is 4.91. The molecule has 0 aliphatic carbocycles. The molecular weight excluding hydrogens is 246 g/mol. The molecule has 0 aliphatic rings. The number of nitrogens with one attached hydrogen (secondary N) is 1. The van der Waals surface area contributed by atoms with E-state index in [0.717, 1.165) is 26.1 Å². The summed E-state index contributed by atoms with van der Waals surface area (Å²) >= 11 is 5.88. The van der Waals surface area contributed by atoms with E-state index in [1.165, 1.54) is 11.1 Å². The monoisotopic (exact) mass is 263 g/mol. The summed E-state index contributed by atoms with van der Waals surface area (Å²) in [7, 11) is 0. The molecule has 0 radical (unpaired) electrons. The lowest BCUT2D eigenvalue weighted by molar-refractivity contribution is 0.670. The van der Waals surface area contributed by atoms with Crippen molar-refractivity contribution in [2.75, 3.05) is 13.1 Å². The standard InChI is InChI=1S/C14H18ClN3/c1-2-16-8-7-12-5-3-4-6-13(12)10-18-11-14(15)9-17-18/h3-6,9,11,16H,2,7-8,10H2,1H3. The van der Waals surface area contributed by atoms with Crippen molar-refractivity contribution in [2.24, 2.45) is 0 Å². The van der Waals surface area contributed by atoms with E-state index in [2.05, 4.69) is 41.6 Å². The number of aromatic nitrogens is 2. The minimum absolute atomic E-state index is 0.681. The molecule has 0 saturated heterocycles. The van der Waals surface area contributed by atoms with Crippen molar-refractivity contribution >= 4 is 11.6 Å². The van der Waals surface area contributed by atoms with Crippen molar-refractivity contribution in [3.63, 3.8) is 0 Å². The molecule has 0 aliphatic heterocycles. The van der Waals surface area contributed by atoms with E-state index in [9.17, 15) is 0 Å². The Bertz CT molecular complexity index is 493. The fraction of sp³-hybridized carbons (Fsp3) is 0.357. The molecular formula is C14H18ClN3. The van der Waals surface area contributed by atoms with Gasteiger partial charge in [-0.3, -0.25) is 4.68 Å². The van der Waals surface area contributed by atoms with E-state index in [-0.39, 0.29) is 0 Å². The van der Waals surface area contributed by atoms with E-state index in [0.29, 0.717) is 5.02 Å². The third-order valence-corrected chi connectivity index (χ3v) is 3.07. The van der Waals surface area contributed by atoms with Crippen LogP contribution in [-0.2, 0) is 13.0 Å². The maximum atomic E-state index is 5.88. The topological polar surface area (TPSA) is 29.9 Å². The van der Waals surface area contributed by atoms with E-state index in [1.807, 2.05) is 10.9 Å². The SMILES string of the molecule is CCNCCc1ccccc1Cn1cc(Cl)cn1. The number of rotatable bonds is 6. The van der Waals surface area contributed by atoms with E-state index < -0.39 is 0 Å². The summed E-state index contributed by atoms with van der Waals surface area (Å²) in [5.41, 5.74) is 2.67. The lowest BCUT2D eigenvalue weighted by atomic mass is 10.0. The van der Waals surface area contributed by atoms with Gasteiger partial charge in [0.25, 0.3) is 0 Å². The molecule has 0 fully saturated rings. The second-order valence-corrected chi connectivity index (χ2v) is 4.66. The Balaban J connectivity index is 2.07. The van der Waals surface area contributed by atoms with Crippen LogP contribution in [0.15, 0.2) is 36.7 Å². The Kier molecular flexibility index (Phi) is 4.79. The van der Waals surface area contributed by atoms with Crippen LogP contribution in [-0.4, -0.2) is 22.9 Å². The summed E-state index contributed by atoms with van der Waals surface area (Å²) in [5.74, 6) is 0. The van der Waals surface area contributed by atoms with Crippen LogP contribution in [0, 0.1) is 0 Å². The molecule has 0 unspecified atom stereocenters. The molecule has 3 nitrogen and oxygen atoms in total. The minimum Gasteiger partial charge on any atom is -0.317 e. The highest BCUT2D eigenvalue weighted by atomic mass is 35.5. The summed E-state index contributed by atoms with van der Waals surface area (Å²) in [5, 5.41) is 8.25. The highest BCUT2D eigenvalue weighted by molar-refractivity contribution is 6.30. The second-order valence-electron chi connectivity index (χ2n) is 4.23. The number of nitrogens with zero attached hydrogens (tertiary/aromatic N) is 2. The average Bonchev–Trinajstić information content (AvgIpc) is 2.77. The molecule has 1 heterocycles. The van der Waals surface area contributed by atoms with Crippen LogP contribution in [0.25, 0.3) is 0 Å². The van der Waals surface area contributed by atoms with Gasteiger partial charge in [-0.15, -0.1) is 0 Å². The third kappa shape index (κ3) is 3.59. The summed E-state index contributed by atoms with van der Waals surface area (Å²) < 4.78 is 1.87. The predicted molar refractivity (Wildman–Crippen MR) is 75.0 cm³/mol. The van der Waals surface area contributed by atoms with E-state index >= 15 is 0 Å². The highest BCUT2D eigenvalue weighted by Gasteiger charge is 2.03. The molecule has 1 aromatic carbocycles. The number of likely N-dealkylation sites (N-methyl/N-ethyl adjacent to an activating group) is 1. The first-order valence-corrected chi connectivity index (χ1v) is 6.63. The largest absolute Gasteiger partial charge is 0.317 e. The molecule has 1 aromatic heterocycles. The van der Waals surface area contributed by atoms with Crippen LogP contribution >= 0.6 is 11.6 Å². The summed E-state index contributed by atoms with van der Waals surface area (Å²) in [6.07, 6.45) is 4.56. The van der Waals surface area contributed by atoms with Crippen LogP contribution in [0.5, 0.6) is 0 Å². The first-order chi connectivity index (χ1) is 8.79. The Hall–Kier alpha value is -1.32. The molecule has 0 atom stereocenters. The Morgan fingerprint density at radius 3 is 2.72 bits per heavy atom. The average molecular weight is 264 g/mol. The van der Waals surface area contributed by atoms with Gasteiger partial charge in [0.1, 0.15) is 0 Å². The fourth-order valence-electron chi connectivity index (χ4n) is 1.95. The van der Waals surface area contributed by atoms with Crippen molar-refractivity contribution in [1.29, 1.82) is 0 Å². The molecule has 0 spiro atoms.